The van der Waals surface area contributed by atoms with Crippen LogP contribution in [0.1, 0.15) is 34.9 Å². The van der Waals surface area contributed by atoms with Crippen LogP contribution in [0, 0.1) is 13.8 Å². The summed E-state index contributed by atoms with van der Waals surface area (Å²) >= 11 is 1.54. The van der Waals surface area contributed by atoms with Gasteiger partial charge in [0.05, 0.1) is 28.2 Å². The predicted molar refractivity (Wildman–Crippen MR) is 114 cm³/mol. The van der Waals surface area contributed by atoms with Crippen LogP contribution in [0.3, 0.4) is 0 Å². The van der Waals surface area contributed by atoms with E-state index < -0.39 is 0 Å². The van der Waals surface area contributed by atoms with E-state index in [0.29, 0.717) is 17.8 Å². The molecule has 3 aromatic rings. The molecular weight excluding hydrogens is 388 g/mol. The van der Waals surface area contributed by atoms with Gasteiger partial charge in [-0.3, -0.25) is 9.59 Å². The number of thiazole rings is 1. The van der Waals surface area contributed by atoms with Gasteiger partial charge in [0.25, 0.3) is 11.5 Å². The van der Waals surface area contributed by atoms with E-state index in [2.05, 4.69) is 15.4 Å². The summed E-state index contributed by atoms with van der Waals surface area (Å²) in [5.41, 5.74) is 1.92. The Morgan fingerprint density at radius 3 is 2.52 bits per heavy atom. The second-order valence-electron chi connectivity index (χ2n) is 6.87. The molecule has 0 saturated carbocycles. The molecule has 1 N–H and O–H groups in total. The lowest BCUT2D eigenvalue weighted by molar-refractivity contribution is 0.0951. The topological polar surface area (TPSA) is 86.1 Å². The Bertz CT molecular complexity index is 1050. The van der Waals surface area contributed by atoms with Crippen molar-refractivity contribution in [1.29, 1.82) is 0 Å². The third-order valence-electron chi connectivity index (χ3n) is 4.10. The fourth-order valence-electron chi connectivity index (χ4n) is 2.83. The van der Waals surface area contributed by atoms with E-state index in [1.807, 2.05) is 27.7 Å². The van der Waals surface area contributed by atoms with Gasteiger partial charge in [-0.2, -0.15) is 5.10 Å². The highest BCUT2D eigenvalue weighted by molar-refractivity contribution is 7.15. The summed E-state index contributed by atoms with van der Waals surface area (Å²) < 4.78 is 6.94. The molecule has 0 atom stereocenters. The smallest absolute Gasteiger partial charge is 0.266 e. The minimum Gasteiger partial charge on any atom is -0.491 e. The molecule has 1 amide bonds. The molecule has 2 heterocycles. The number of rotatable bonds is 7. The van der Waals surface area contributed by atoms with Crippen molar-refractivity contribution in [1.82, 2.24) is 20.1 Å². The first-order valence-corrected chi connectivity index (χ1v) is 10.2. The number of hydrogen-bond acceptors (Lipinski definition) is 6. The summed E-state index contributed by atoms with van der Waals surface area (Å²) in [7, 11) is 0. The molecule has 29 heavy (non-hydrogen) atoms. The Labute approximate surface area is 173 Å². The number of aryl methyl sites for hydroxylation is 2. The van der Waals surface area contributed by atoms with Crippen molar-refractivity contribution in [2.45, 2.75) is 40.3 Å². The highest BCUT2D eigenvalue weighted by Crippen LogP contribution is 2.27. The van der Waals surface area contributed by atoms with Crippen molar-refractivity contribution in [3.8, 4) is 16.3 Å². The van der Waals surface area contributed by atoms with E-state index >= 15 is 0 Å². The van der Waals surface area contributed by atoms with Crippen LogP contribution in [0.2, 0.25) is 0 Å². The molecule has 0 saturated heterocycles. The van der Waals surface area contributed by atoms with Crippen molar-refractivity contribution in [2.75, 3.05) is 6.54 Å². The molecule has 0 spiro atoms. The minimum atomic E-state index is -0.211. The van der Waals surface area contributed by atoms with Crippen LogP contribution in [0.4, 0.5) is 0 Å². The number of ether oxygens (including phenoxy) is 1. The summed E-state index contributed by atoms with van der Waals surface area (Å²) in [6.45, 7) is 8.33. The Kier molecular flexibility index (Phi) is 6.43. The van der Waals surface area contributed by atoms with Gasteiger partial charge >= 0.3 is 0 Å². The molecule has 1 aromatic carbocycles. The molecule has 0 radical (unpaired) electrons. The van der Waals surface area contributed by atoms with Crippen LogP contribution in [0.5, 0.6) is 5.75 Å². The first-order chi connectivity index (χ1) is 13.8. The summed E-state index contributed by atoms with van der Waals surface area (Å²) in [4.78, 5) is 29.8. The number of nitrogens with one attached hydrogen (secondary N) is 1. The van der Waals surface area contributed by atoms with Gasteiger partial charge in [-0.15, -0.1) is 11.3 Å². The summed E-state index contributed by atoms with van der Waals surface area (Å²) in [5.74, 6) is 0.511. The van der Waals surface area contributed by atoms with Gasteiger partial charge in [0.1, 0.15) is 11.4 Å². The molecule has 0 fully saturated rings. The van der Waals surface area contributed by atoms with Gasteiger partial charge in [-0.1, -0.05) is 0 Å². The first-order valence-electron chi connectivity index (χ1n) is 9.41. The fourth-order valence-corrected chi connectivity index (χ4v) is 3.72. The molecule has 0 bridgehead atoms. The van der Waals surface area contributed by atoms with Crippen molar-refractivity contribution < 1.29 is 9.53 Å². The summed E-state index contributed by atoms with van der Waals surface area (Å²) in [6, 6.07) is 10.2. The van der Waals surface area contributed by atoms with Crippen LogP contribution in [0.25, 0.3) is 10.6 Å². The van der Waals surface area contributed by atoms with Crippen molar-refractivity contribution >= 4 is 17.2 Å². The van der Waals surface area contributed by atoms with Gasteiger partial charge in [0, 0.05) is 18.2 Å². The third-order valence-corrected chi connectivity index (χ3v) is 5.20. The van der Waals surface area contributed by atoms with Crippen LogP contribution in [-0.2, 0) is 6.54 Å². The Morgan fingerprint density at radius 1 is 1.17 bits per heavy atom. The quantitative estimate of drug-likeness (QED) is 0.644. The third kappa shape index (κ3) is 5.29. The van der Waals surface area contributed by atoms with Gasteiger partial charge in [0.2, 0.25) is 0 Å². The van der Waals surface area contributed by atoms with Crippen molar-refractivity contribution in [2.24, 2.45) is 0 Å². The molecule has 0 aliphatic rings. The van der Waals surface area contributed by atoms with E-state index in [0.717, 1.165) is 21.3 Å². The summed E-state index contributed by atoms with van der Waals surface area (Å²) in [5, 5.41) is 8.21. The Morgan fingerprint density at radius 2 is 1.90 bits per heavy atom. The zero-order chi connectivity index (χ0) is 21.0. The average molecular weight is 413 g/mol. The highest BCUT2D eigenvalue weighted by Gasteiger charge is 2.11. The molecule has 7 nitrogen and oxygen atoms in total. The standard InChI is InChI=1S/C21H24N4O3S/c1-13(2)28-17-7-5-16(6-8-17)21(27)22-11-12-25-19(26)10-9-18(24-25)20-14(3)23-15(4)29-20/h5-10,13H,11-12H2,1-4H3,(H,22,27). The maximum absolute atomic E-state index is 12.3. The largest absolute Gasteiger partial charge is 0.491 e. The molecule has 152 valence electrons. The van der Waals surface area contributed by atoms with Crippen molar-refractivity contribution in [3.63, 3.8) is 0 Å². The van der Waals surface area contributed by atoms with Gasteiger partial charge in [0.15, 0.2) is 0 Å². The number of benzene rings is 1. The molecule has 2 aromatic heterocycles. The van der Waals surface area contributed by atoms with Crippen LogP contribution in [-0.4, -0.2) is 33.3 Å². The lowest BCUT2D eigenvalue weighted by atomic mass is 10.2. The van der Waals surface area contributed by atoms with E-state index in [1.165, 1.54) is 10.7 Å². The molecule has 8 heteroatoms. The average Bonchev–Trinajstić information content (AvgIpc) is 3.01. The zero-order valence-electron chi connectivity index (χ0n) is 16.9. The van der Waals surface area contributed by atoms with Crippen LogP contribution < -0.4 is 15.6 Å². The number of hydrogen-bond donors (Lipinski definition) is 1. The van der Waals surface area contributed by atoms with E-state index in [9.17, 15) is 9.59 Å². The lowest BCUT2D eigenvalue weighted by Crippen LogP contribution is -2.31. The Hall–Kier alpha value is -3.00. The number of aromatic nitrogens is 3. The maximum Gasteiger partial charge on any atom is 0.266 e. The van der Waals surface area contributed by atoms with E-state index in [1.54, 1.807) is 41.7 Å². The molecule has 0 unspecified atom stereocenters. The number of carbonyl (C=O) groups excluding carboxylic acids is 1. The predicted octanol–water partition coefficient (Wildman–Crippen LogP) is 3.20. The summed E-state index contributed by atoms with van der Waals surface area (Å²) in [6.07, 6.45) is 0.0777. The second kappa shape index (κ2) is 9.00. The second-order valence-corrected chi connectivity index (χ2v) is 8.08. The van der Waals surface area contributed by atoms with E-state index in [-0.39, 0.29) is 24.1 Å². The van der Waals surface area contributed by atoms with Gasteiger partial charge in [-0.05, 0) is 58.0 Å². The molecule has 0 aliphatic carbocycles. The Balaban J connectivity index is 1.63. The number of amides is 1. The van der Waals surface area contributed by atoms with Gasteiger partial charge in [-0.25, -0.2) is 9.67 Å². The lowest BCUT2D eigenvalue weighted by Gasteiger charge is -2.10. The first kappa shape index (κ1) is 20.7. The molecule has 0 aliphatic heterocycles. The van der Waals surface area contributed by atoms with E-state index in [4.69, 9.17) is 4.74 Å². The van der Waals surface area contributed by atoms with Crippen LogP contribution >= 0.6 is 11.3 Å². The number of nitrogens with zero attached hydrogens (tertiary/aromatic N) is 3. The number of carbonyl (C=O) groups is 1. The fraction of sp³-hybridized carbons (Fsp3) is 0.333. The maximum atomic E-state index is 12.3. The van der Waals surface area contributed by atoms with Crippen LogP contribution in [0.15, 0.2) is 41.2 Å². The SMILES string of the molecule is Cc1nc(C)c(-c2ccc(=O)n(CCNC(=O)c3ccc(OC(C)C)cc3)n2)s1. The zero-order valence-corrected chi connectivity index (χ0v) is 17.7. The minimum absolute atomic E-state index is 0.0777. The molecule has 3 rings (SSSR count). The monoisotopic (exact) mass is 412 g/mol. The normalized spacial score (nSPS) is 10.9. The van der Waals surface area contributed by atoms with Gasteiger partial charge < -0.3 is 10.1 Å². The molecular formula is C21H24N4O3S. The van der Waals surface area contributed by atoms with Crippen molar-refractivity contribution in [3.05, 3.63) is 63.0 Å². The highest BCUT2D eigenvalue weighted by atomic mass is 32.1.